The summed E-state index contributed by atoms with van der Waals surface area (Å²) >= 11 is 0. The van der Waals surface area contributed by atoms with Gasteiger partial charge in [0.05, 0.1) is 6.04 Å². The Morgan fingerprint density at radius 1 is 1.70 bits per heavy atom. The lowest BCUT2D eigenvalue weighted by atomic mass is 9.80. The molecule has 1 rings (SSSR count). The molecule has 0 spiro atoms. The van der Waals surface area contributed by atoms with E-state index in [1.165, 1.54) is 19.3 Å². The van der Waals surface area contributed by atoms with Gasteiger partial charge in [0.1, 0.15) is 5.78 Å². The third-order valence-corrected chi connectivity index (χ3v) is 2.33. The molecule has 1 aliphatic carbocycles. The average molecular weight is 141 g/mol. The van der Waals surface area contributed by atoms with E-state index in [9.17, 15) is 4.79 Å². The quantitative estimate of drug-likeness (QED) is 0.639. The molecule has 1 atom stereocenters. The Morgan fingerprint density at radius 2 is 2.30 bits per heavy atom. The third kappa shape index (κ3) is 1.81. The van der Waals surface area contributed by atoms with Gasteiger partial charge in [0.15, 0.2) is 0 Å². The highest BCUT2D eigenvalue weighted by atomic mass is 16.1. The van der Waals surface area contributed by atoms with Crippen LogP contribution in [0, 0.1) is 5.92 Å². The van der Waals surface area contributed by atoms with Crippen LogP contribution >= 0.6 is 0 Å². The average Bonchev–Trinajstić information content (AvgIpc) is 1.77. The van der Waals surface area contributed by atoms with Crippen molar-refractivity contribution in [1.29, 1.82) is 0 Å². The van der Waals surface area contributed by atoms with Gasteiger partial charge in [-0.25, -0.2) is 0 Å². The third-order valence-electron chi connectivity index (χ3n) is 2.33. The maximum Gasteiger partial charge on any atom is 0.146 e. The van der Waals surface area contributed by atoms with Gasteiger partial charge < -0.3 is 5.73 Å². The van der Waals surface area contributed by atoms with Crippen molar-refractivity contribution < 1.29 is 4.79 Å². The normalized spacial score (nSPS) is 21.8. The SMILES string of the molecule is CC(=O)C(N)CC1CCC1. The minimum Gasteiger partial charge on any atom is -0.322 e. The highest BCUT2D eigenvalue weighted by Gasteiger charge is 2.21. The Labute approximate surface area is 61.8 Å². The molecule has 0 aromatic rings. The maximum absolute atomic E-state index is 10.7. The Bertz CT molecular complexity index is 129. The molecular weight excluding hydrogens is 126 g/mol. The minimum absolute atomic E-state index is 0.131. The summed E-state index contributed by atoms with van der Waals surface area (Å²) in [5.41, 5.74) is 5.58. The molecule has 1 unspecified atom stereocenters. The van der Waals surface area contributed by atoms with Crippen LogP contribution in [0.2, 0.25) is 0 Å². The van der Waals surface area contributed by atoms with Crippen LogP contribution in [0.25, 0.3) is 0 Å². The van der Waals surface area contributed by atoms with E-state index >= 15 is 0 Å². The molecule has 0 amide bonds. The van der Waals surface area contributed by atoms with E-state index in [-0.39, 0.29) is 11.8 Å². The highest BCUT2D eigenvalue weighted by molar-refractivity contribution is 5.81. The summed E-state index contributed by atoms with van der Waals surface area (Å²) in [4.78, 5) is 10.7. The fourth-order valence-electron chi connectivity index (χ4n) is 1.25. The lowest BCUT2D eigenvalue weighted by Gasteiger charge is -2.26. The number of hydrogen-bond acceptors (Lipinski definition) is 2. The van der Waals surface area contributed by atoms with Crippen molar-refractivity contribution in [3.8, 4) is 0 Å². The van der Waals surface area contributed by atoms with Crippen molar-refractivity contribution in [2.24, 2.45) is 11.7 Å². The van der Waals surface area contributed by atoms with E-state index in [4.69, 9.17) is 5.73 Å². The molecular formula is C8H15NO. The fraction of sp³-hybridized carbons (Fsp3) is 0.875. The van der Waals surface area contributed by atoms with Crippen molar-refractivity contribution in [1.82, 2.24) is 0 Å². The second-order valence-corrected chi connectivity index (χ2v) is 3.25. The van der Waals surface area contributed by atoms with Gasteiger partial charge in [0.25, 0.3) is 0 Å². The van der Waals surface area contributed by atoms with Crippen LogP contribution < -0.4 is 5.73 Å². The van der Waals surface area contributed by atoms with E-state index in [1.807, 2.05) is 0 Å². The monoisotopic (exact) mass is 141 g/mol. The van der Waals surface area contributed by atoms with E-state index < -0.39 is 0 Å². The maximum atomic E-state index is 10.7. The lowest BCUT2D eigenvalue weighted by Crippen LogP contribution is -2.32. The van der Waals surface area contributed by atoms with Crippen molar-refractivity contribution in [3.05, 3.63) is 0 Å². The molecule has 10 heavy (non-hydrogen) atoms. The number of ketones is 1. The van der Waals surface area contributed by atoms with Crippen molar-refractivity contribution in [2.45, 2.75) is 38.6 Å². The fourth-order valence-corrected chi connectivity index (χ4v) is 1.25. The van der Waals surface area contributed by atoms with Crippen LogP contribution in [0.5, 0.6) is 0 Å². The number of nitrogens with two attached hydrogens (primary N) is 1. The molecule has 2 nitrogen and oxygen atoms in total. The van der Waals surface area contributed by atoms with Gasteiger partial charge in [0, 0.05) is 0 Å². The first-order chi connectivity index (χ1) is 4.70. The number of carbonyl (C=O) groups is 1. The van der Waals surface area contributed by atoms with Crippen LogP contribution in [0.15, 0.2) is 0 Å². The summed E-state index contributed by atoms with van der Waals surface area (Å²) < 4.78 is 0. The first-order valence-corrected chi connectivity index (χ1v) is 3.96. The van der Waals surface area contributed by atoms with E-state index in [0.29, 0.717) is 0 Å². The van der Waals surface area contributed by atoms with Crippen LogP contribution in [-0.2, 0) is 4.79 Å². The number of Topliss-reactive ketones (excluding diaryl/α,β-unsaturated/α-hetero) is 1. The molecule has 1 saturated carbocycles. The summed E-state index contributed by atoms with van der Waals surface area (Å²) in [6.45, 7) is 1.57. The second-order valence-electron chi connectivity index (χ2n) is 3.25. The zero-order valence-corrected chi connectivity index (χ0v) is 6.47. The molecule has 0 aromatic carbocycles. The Kier molecular flexibility index (Phi) is 2.44. The Hall–Kier alpha value is -0.370. The molecule has 0 bridgehead atoms. The minimum atomic E-state index is -0.190. The molecule has 2 N–H and O–H groups in total. The van der Waals surface area contributed by atoms with Crippen molar-refractivity contribution in [3.63, 3.8) is 0 Å². The molecule has 0 saturated heterocycles. The van der Waals surface area contributed by atoms with Crippen molar-refractivity contribution in [2.75, 3.05) is 0 Å². The molecule has 2 heteroatoms. The lowest BCUT2D eigenvalue weighted by molar-refractivity contribution is -0.118. The highest BCUT2D eigenvalue weighted by Crippen LogP contribution is 2.29. The standard InChI is InChI=1S/C8H15NO/c1-6(10)8(9)5-7-3-2-4-7/h7-8H,2-5,9H2,1H3. The number of hydrogen-bond donors (Lipinski definition) is 1. The van der Waals surface area contributed by atoms with Gasteiger partial charge in [-0.05, 0) is 19.3 Å². The van der Waals surface area contributed by atoms with Gasteiger partial charge in [-0.1, -0.05) is 19.3 Å². The van der Waals surface area contributed by atoms with Crippen molar-refractivity contribution >= 4 is 5.78 Å². The summed E-state index contributed by atoms with van der Waals surface area (Å²) in [5.74, 6) is 0.880. The van der Waals surface area contributed by atoms with Crippen LogP contribution in [0.1, 0.15) is 32.6 Å². The molecule has 0 aliphatic heterocycles. The van der Waals surface area contributed by atoms with E-state index in [0.717, 1.165) is 12.3 Å². The van der Waals surface area contributed by atoms with E-state index in [1.54, 1.807) is 6.92 Å². The summed E-state index contributed by atoms with van der Waals surface area (Å²) in [6, 6.07) is -0.190. The van der Waals surface area contributed by atoms with Gasteiger partial charge >= 0.3 is 0 Å². The topological polar surface area (TPSA) is 43.1 Å². The molecule has 58 valence electrons. The second kappa shape index (κ2) is 3.15. The van der Waals surface area contributed by atoms with Crippen LogP contribution in [0.3, 0.4) is 0 Å². The molecule has 0 aromatic heterocycles. The molecule has 1 aliphatic rings. The molecule has 1 fully saturated rings. The first-order valence-electron chi connectivity index (χ1n) is 3.96. The van der Waals surface area contributed by atoms with Gasteiger partial charge in [-0.2, -0.15) is 0 Å². The summed E-state index contributed by atoms with van der Waals surface area (Å²) in [5, 5.41) is 0. The summed E-state index contributed by atoms with van der Waals surface area (Å²) in [7, 11) is 0. The van der Waals surface area contributed by atoms with E-state index in [2.05, 4.69) is 0 Å². The van der Waals surface area contributed by atoms with Crippen LogP contribution in [0.4, 0.5) is 0 Å². The molecule has 0 radical (unpaired) electrons. The molecule has 0 heterocycles. The number of rotatable bonds is 3. The predicted molar refractivity (Wildman–Crippen MR) is 40.6 cm³/mol. The smallest absolute Gasteiger partial charge is 0.146 e. The largest absolute Gasteiger partial charge is 0.322 e. The van der Waals surface area contributed by atoms with Gasteiger partial charge in [-0.3, -0.25) is 4.79 Å². The predicted octanol–water partition coefficient (Wildman–Crippen LogP) is 1.09. The van der Waals surface area contributed by atoms with Gasteiger partial charge in [0.2, 0.25) is 0 Å². The zero-order valence-electron chi connectivity index (χ0n) is 6.47. The first kappa shape index (κ1) is 7.73. The van der Waals surface area contributed by atoms with Crippen LogP contribution in [-0.4, -0.2) is 11.8 Å². The summed E-state index contributed by atoms with van der Waals surface area (Å²) in [6.07, 6.45) is 4.80. The Balaban J connectivity index is 2.16. The Morgan fingerprint density at radius 3 is 2.60 bits per heavy atom. The van der Waals surface area contributed by atoms with Gasteiger partial charge in [-0.15, -0.1) is 0 Å². The zero-order chi connectivity index (χ0) is 7.56. The number of carbonyl (C=O) groups excluding carboxylic acids is 1.